The Morgan fingerprint density at radius 2 is 1.67 bits per heavy atom. The summed E-state index contributed by atoms with van der Waals surface area (Å²) in [5, 5.41) is 0. The first-order chi connectivity index (χ1) is 3.89. The van der Waals surface area contributed by atoms with Gasteiger partial charge in [-0.1, -0.05) is 0 Å². The van der Waals surface area contributed by atoms with E-state index in [1.54, 1.807) is 0 Å². The Bertz CT molecular complexity index is 97.7. The molecule has 0 aliphatic carbocycles. The predicted molar refractivity (Wildman–Crippen MR) is 32.4 cm³/mol. The van der Waals surface area contributed by atoms with Crippen LogP contribution in [0.3, 0.4) is 0 Å². The van der Waals surface area contributed by atoms with Crippen LogP contribution in [0.4, 0.5) is 12.6 Å². The van der Waals surface area contributed by atoms with Crippen molar-refractivity contribution < 1.29 is 17.1 Å². The maximum atomic E-state index is 12.1. The first-order valence-corrected chi connectivity index (χ1v) is 4.72. The molecule has 1 nitrogen and oxygen atoms in total. The Hall–Kier alpha value is 0.180. The van der Waals surface area contributed by atoms with Crippen molar-refractivity contribution in [3.63, 3.8) is 0 Å². The molecule has 0 fully saturated rings. The van der Waals surface area contributed by atoms with Gasteiger partial charge in [-0.2, -0.15) is 0 Å². The molecule has 0 atom stereocenters. The molecule has 0 saturated heterocycles. The van der Waals surface area contributed by atoms with Gasteiger partial charge < -0.3 is 0 Å². The third-order valence-electron chi connectivity index (χ3n) is 0.854. The standard InChI is InChI=1S/C4H10F3OP/c1-3-8-9(5,6,7)4-2/h3-4H2,1-2H3. The van der Waals surface area contributed by atoms with E-state index in [0.717, 1.165) is 6.92 Å². The molecule has 5 heteroatoms. The summed E-state index contributed by atoms with van der Waals surface area (Å²) in [4.78, 5) is 0. The van der Waals surface area contributed by atoms with Gasteiger partial charge in [-0.15, -0.1) is 0 Å². The van der Waals surface area contributed by atoms with Crippen LogP contribution in [0.5, 0.6) is 0 Å². The van der Waals surface area contributed by atoms with Gasteiger partial charge in [-0.25, -0.2) is 0 Å². The van der Waals surface area contributed by atoms with Gasteiger partial charge in [-0.3, -0.25) is 0 Å². The molecule has 0 aromatic carbocycles. The molecule has 0 aliphatic heterocycles. The summed E-state index contributed by atoms with van der Waals surface area (Å²) in [6.07, 6.45) is -0.820. The van der Waals surface area contributed by atoms with Crippen LogP contribution in [0.15, 0.2) is 0 Å². The monoisotopic (exact) mass is 162 g/mol. The number of hydrogen-bond acceptors (Lipinski definition) is 1. The molecule has 0 aliphatic rings. The number of halogens is 3. The molecule has 0 rings (SSSR count). The molecule has 0 aromatic heterocycles. The van der Waals surface area contributed by atoms with E-state index in [2.05, 4.69) is 4.52 Å². The first-order valence-electron chi connectivity index (χ1n) is 2.71. The summed E-state index contributed by atoms with van der Waals surface area (Å²) in [6.45, 7) is 2.15. The summed E-state index contributed by atoms with van der Waals surface area (Å²) in [5.41, 5.74) is 0. The van der Waals surface area contributed by atoms with Gasteiger partial charge in [0.05, 0.1) is 0 Å². The van der Waals surface area contributed by atoms with Gasteiger partial charge in [0.15, 0.2) is 0 Å². The van der Waals surface area contributed by atoms with Crippen molar-refractivity contribution >= 4 is 7.76 Å². The summed E-state index contributed by atoms with van der Waals surface area (Å²) in [5.74, 6) is 0. The average Bonchev–Trinajstić information content (AvgIpc) is 1.66. The summed E-state index contributed by atoms with van der Waals surface area (Å²) in [7, 11) is -6.13. The number of hydrogen-bond donors (Lipinski definition) is 0. The Morgan fingerprint density at radius 1 is 1.22 bits per heavy atom. The van der Waals surface area contributed by atoms with E-state index in [-0.39, 0.29) is 6.61 Å². The minimum atomic E-state index is -6.13. The average molecular weight is 162 g/mol. The van der Waals surface area contributed by atoms with E-state index in [1.165, 1.54) is 6.92 Å². The molecular weight excluding hydrogens is 152 g/mol. The fourth-order valence-corrected chi connectivity index (χ4v) is 0.987. The van der Waals surface area contributed by atoms with Gasteiger partial charge in [0, 0.05) is 0 Å². The zero-order chi connectivity index (χ0) is 7.57. The van der Waals surface area contributed by atoms with Gasteiger partial charge in [0.1, 0.15) is 0 Å². The van der Waals surface area contributed by atoms with Crippen molar-refractivity contribution in [2.24, 2.45) is 0 Å². The van der Waals surface area contributed by atoms with Crippen LogP contribution in [0.1, 0.15) is 13.8 Å². The van der Waals surface area contributed by atoms with Crippen molar-refractivity contribution in [2.75, 3.05) is 12.8 Å². The second-order valence-electron chi connectivity index (χ2n) is 1.62. The maximum absolute atomic E-state index is 12.1. The molecule has 0 amide bonds. The van der Waals surface area contributed by atoms with Gasteiger partial charge in [-0.05, 0) is 0 Å². The van der Waals surface area contributed by atoms with Crippen molar-refractivity contribution in [3.05, 3.63) is 0 Å². The quantitative estimate of drug-likeness (QED) is 0.579. The predicted octanol–water partition coefficient (Wildman–Crippen LogP) is 3.16. The Kier molecular flexibility index (Phi) is 2.48. The zero-order valence-corrected chi connectivity index (χ0v) is 6.30. The normalized spacial score (nSPS) is 16.8. The summed E-state index contributed by atoms with van der Waals surface area (Å²) < 4.78 is 39.9. The van der Waals surface area contributed by atoms with E-state index < -0.39 is 13.9 Å². The molecule has 9 heavy (non-hydrogen) atoms. The zero-order valence-electron chi connectivity index (χ0n) is 5.40. The summed E-state index contributed by atoms with van der Waals surface area (Å²) >= 11 is 0. The molecule has 0 saturated carbocycles. The van der Waals surface area contributed by atoms with E-state index in [4.69, 9.17) is 0 Å². The molecule has 0 heterocycles. The Morgan fingerprint density at radius 3 is 1.78 bits per heavy atom. The molecule has 0 spiro atoms. The molecule has 0 bridgehead atoms. The third kappa shape index (κ3) is 3.71. The molecule has 0 aromatic rings. The second kappa shape index (κ2) is 2.43. The van der Waals surface area contributed by atoms with Gasteiger partial charge in [0.25, 0.3) is 0 Å². The van der Waals surface area contributed by atoms with Crippen LogP contribution in [0.2, 0.25) is 0 Å². The van der Waals surface area contributed by atoms with Crippen LogP contribution >= 0.6 is 7.76 Å². The molecule has 0 radical (unpaired) electrons. The van der Waals surface area contributed by atoms with Crippen LogP contribution in [0.25, 0.3) is 0 Å². The first kappa shape index (κ1) is 9.18. The van der Waals surface area contributed by atoms with E-state index in [1.807, 2.05) is 0 Å². The van der Waals surface area contributed by atoms with Crippen molar-refractivity contribution in [1.82, 2.24) is 0 Å². The van der Waals surface area contributed by atoms with Crippen LogP contribution < -0.4 is 0 Å². The second-order valence-corrected chi connectivity index (χ2v) is 4.28. The Balaban J connectivity index is 3.95. The van der Waals surface area contributed by atoms with Crippen LogP contribution in [0, 0.1) is 0 Å². The number of rotatable bonds is 3. The van der Waals surface area contributed by atoms with E-state index >= 15 is 0 Å². The van der Waals surface area contributed by atoms with Crippen molar-refractivity contribution in [2.45, 2.75) is 13.8 Å². The van der Waals surface area contributed by atoms with E-state index in [0.29, 0.717) is 0 Å². The SMILES string of the molecule is CCOP(F)(F)(F)CC. The molecule has 58 valence electrons. The molecule has 0 unspecified atom stereocenters. The third-order valence-corrected chi connectivity index (χ3v) is 2.56. The topological polar surface area (TPSA) is 9.23 Å². The fraction of sp³-hybridized carbons (Fsp3) is 1.00. The van der Waals surface area contributed by atoms with Crippen LogP contribution in [-0.4, -0.2) is 12.8 Å². The summed E-state index contributed by atoms with van der Waals surface area (Å²) in [6, 6.07) is 0. The van der Waals surface area contributed by atoms with Gasteiger partial charge in [0.2, 0.25) is 0 Å². The Labute approximate surface area is 52.6 Å². The van der Waals surface area contributed by atoms with Gasteiger partial charge >= 0.3 is 51.5 Å². The minimum absolute atomic E-state index is 0.269. The molecular formula is C4H10F3OP. The van der Waals surface area contributed by atoms with Crippen LogP contribution in [-0.2, 0) is 4.52 Å². The molecule has 0 N–H and O–H groups in total. The fourth-order valence-electron chi connectivity index (χ4n) is 0.329. The van der Waals surface area contributed by atoms with E-state index in [9.17, 15) is 12.6 Å². The van der Waals surface area contributed by atoms with Crippen molar-refractivity contribution in [3.8, 4) is 0 Å². The van der Waals surface area contributed by atoms with Crippen molar-refractivity contribution in [1.29, 1.82) is 0 Å².